The second-order valence-corrected chi connectivity index (χ2v) is 7.32. The highest BCUT2D eigenvalue weighted by Gasteiger charge is 2.19. The summed E-state index contributed by atoms with van der Waals surface area (Å²) in [5.41, 5.74) is 6.38. The van der Waals surface area contributed by atoms with Crippen LogP contribution >= 0.6 is 0 Å². The summed E-state index contributed by atoms with van der Waals surface area (Å²) in [5.74, 6) is -0.656. The van der Waals surface area contributed by atoms with Crippen molar-refractivity contribution in [3.8, 4) is 0 Å². The number of carbonyl (C=O) groups is 2. The number of halogens is 1. The lowest BCUT2D eigenvalue weighted by Crippen LogP contribution is -2.21. The number of hydroxylamine groups is 1. The summed E-state index contributed by atoms with van der Waals surface area (Å²) < 4.78 is 14.7. The highest BCUT2D eigenvalue weighted by atomic mass is 19.1. The van der Waals surface area contributed by atoms with Gasteiger partial charge < -0.3 is 10.6 Å². The highest BCUT2D eigenvalue weighted by molar-refractivity contribution is 6.07. The Kier molecular flexibility index (Phi) is 6.01. The standard InChI is InChI=1S/C23H21FN6O3/c1-13-4-5-15(22(31)29-33-3)10-19(13)28-21-20-14(2)18(11-30(20)26-12-25-21)23(32)27-17-8-6-16(24)7-9-17/h4-12H,1-3H3,(H,27,32)(H,29,31)(H,25,26,28). The van der Waals surface area contributed by atoms with Crippen molar-refractivity contribution in [3.05, 3.63) is 83.1 Å². The Morgan fingerprint density at radius 2 is 1.82 bits per heavy atom. The second kappa shape index (κ2) is 9.05. The predicted molar refractivity (Wildman–Crippen MR) is 121 cm³/mol. The first-order valence-corrected chi connectivity index (χ1v) is 9.98. The maximum absolute atomic E-state index is 13.1. The fraction of sp³-hybridized carbons (Fsp3) is 0.130. The van der Waals surface area contributed by atoms with Crippen LogP contribution < -0.4 is 16.1 Å². The monoisotopic (exact) mass is 448 g/mol. The molecule has 2 aromatic heterocycles. The van der Waals surface area contributed by atoms with E-state index in [0.717, 1.165) is 5.56 Å². The van der Waals surface area contributed by atoms with Gasteiger partial charge in [-0.25, -0.2) is 19.4 Å². The third-order valence-corrected chi connectivity index (χ3v) is 5.12. The molecule has 0 radical (unpaired) electrons. The number of nitrogens with zero attached hydrogens (tertiary/aromatic N) is 3. The van der Waals surface area contributed by atoms with E-state index in [9.17, 15) is 14.0 Å². The van der Waals surface area contributed by atoms with E-state index in [1.54, 1.807) is 35.8 Å². The van der Waals surface area contributed by atoms with Crippen molar-refractivity contribution in [2.24, 2.45) is 0 Å². The van der Waals surface area contributed by atoms with Gasteiger partial charge >= 0.3 is 0 Å². The van der Waals surface area contributed by atoms with Crippen LogP contribution in [0.25, 0.3) is 5.52 Å². The predicted octanol–water partition coefficient (Wildman–Crippen LogP) is 3.77. The van der Waals surface area contributed by atoms with Crippen molar-refractivity contribution in [2.45, 2.75) is 13.8 Å². The number of hydrogen-bond donors (Lipinski definition) is 3. The first-order chi connectivity index (χ1) is 15.9. The van der Waals surface area contributed by atoms with Crippen LogP contribution in [0.4, 0.5) is 21.6 Å². The van der Waals surface area contributed by atoms with Gasteiger partial charge in [0, 0.05) is 23.1 Å². The molecule has 2 amide bonds. The Labute approximate surface area is 188 Å². The van der Waals surface area contributed by atoms with E-state index >= 15 is 0 Å². The van der Waals surface area contributed by atoms with E-state index in [1.807, 2.05) is 6.92 Å². The van der Waals surface area contributed by atoms with E-state index in [1.165, 1.54) is 37.7 Å². The second-order valence-electron chi connectivity index (χ2n) is 7.32. The fourth-order valence-corrected chi connectivity index (χ4v) is 3.39. The van der Waals surface area contributed by atoms with Gasteiger partial charge in [-0.15, -0.1) is 0 Å². The van der Waals surface area contributed by atoms with Crippen LogP contribution in [-0.2, 0) is 4.84 Å². The maximum atomic E-state index is 13.1. The average molecular weight is 448 g/mol. The van der Waals surface area contributed by atoms with Crippen LogP contribution in [-0.4, -0.2) is 33.5 Å². The number of nitrogens with one attached hydrogen (secondary N) is 3. The van der Waals surface area contributed by atoms with Crippen LogP contribution in [0.15, 0.2) is 55.0 Å². The van der Waals surface area contributed by atoms with Gasteiger partial charge in [-0.1, -0.05) is 6.07 Å². The average Bonchev–Trinajstić information content (AvgIpc) is 3.14. The molecule has 0 fully saturated rings. The summed E-state index contributed by atoms with van der Waals surface area (Å²) in [6.07, 6.45) is 2.97. The molecule has 0 unspecified atom stereocenters. The highest BCUT2D eigenvalue weighted by Crippen LogP contribution is 2.28. The Balaban J connectivity index is 1.67. The Bertz CT molecular complexity index is 1350. The smallest absolute Gasteiger partial charge is 0.274 e. The molecule has 0 aliphatic carbocycles. The molecule has 4 rings (SSSR count). The number of amides is 2. The van der Waals surface area contributed by atoms with E-state index in [2.05, 4.69) is 26.2 Å². The van der Waals surface area contributed by atoms with Crippen molar-refractivity contribution in [1.29, 1.82) is 0 Å². The molecular weight excluding hydrogens is 427 g/mol. The molecule has 0 bridgehead atoms. The number of rotatable bonds is 6. The van der Waals surface area contributed by atoms with Gasteiger partial charge in [0.25, 0.3) is 11.8 Å². The zero-order valence-electron chi connectivity index (χ0n) is 18.1. The molecular formula is C23H21FN6O3. The van der Waals surface area contributed by atoms with Crippen LogP contribution in [0.3, 0.4) is 0 Å². The van der Waals surface area contributed by atoms with Crippen LogP contribution in [0.1, 0.15) is 31.8 Å². The summed E-state index contributed by atoms with van der Waals surface area (Å²) in [5, 5.41) is 10.2. The minimum Gasteiger partial charge on any atom is -0.338 e. The molecule has 4 aromatic rings. The van der Waals surface area contributed by atoms with Gasteiger partial charge in [0.1, 0.15) is 17.7 Å². The van der Waals surface area contributed by atoms with Gasteiger partial charge in [-0.05, 0) is 61.4 Å². The molecule has 0 aliphatic heterocycles. The summed E-state index contributed by atoms with van der Waals surface area (Å²) >= 11 is 0. The number of fused-ring (bicyclic) bond motifs is 1. The maximum Gasteiger partial charge on any atom is 0.274 e. The summed E-state index contributed by atoms with van der Waals surface area (Å²) in [6.45, 7) is 3.68. The number of anilines is 3. The summed E-state index contributed by atoms with van der Waals surface area (Å²) in [4.78, 5) is 34.0. The molecule has 2 aromatic carbocycles. The molecule has 9 nitrogen and oxygen atoms in total. The zero-order valence-corrected chi connectivity index (χ0v) is 18.1. The fourth-order valence-electron chi connectivity index (χ4n) is 3.39. The summed E-state index contributed by atoms with van der Waals surface area (Å²) in [6, 6.07) is 10.7. The van der Waals surface area contributed by atoms with Crippen LogP contribution in [0, 0.1) is 19.7 Å². The van der Waals surface area contributed by atoms with Gasteiger partial charge in [-0.3, -0.25) is 14.4 Å². The molecule has 0 saturated carbocycles. The quantitative estimate of drug-likeness (QED) is 0.388. The summed E-state index contributed by atoms with van der Waals surface area (Å²) in [7, 11) is 1.36. The Hall–Kier alpha value is -4.31. The lowest BCUT2D eigenvalue weighted by atomic mass is 10.1. The van der Waals surface area contributed by atoms with E-state index in [0.29, 0.717) is 39.4 Å². The van der Waals surface area contributed by atoms with Crippen molar-refractivity contribution >= 4 is 34.5 Å². The molecule has 2 heterocycles. The minimum absolute atomic E-state index is 0.357. The van der Waals surface area contributed by atoms with Crippen molar-refractivity contribution in [3.63, 3.8) is 0 Å². The number of aromatic nitrogens is 3. The lowest BCUT2D eigenvalue weighted by Gasteiger charge is -2.12. The molecule has 0 saturated heterocycles. The molecule has 3 N–H and O–H groups in total. The van der Waals surface area contributed by atoms with Crippen LogP contribution in [0.2, 0.25) is 0 Å². The van der Waals surface area contributed by atoms with Crippen molar-refractivity contribution in [1.82, 2.24) is 20.1 Å². The molecule has 33 heavy (non-hydrogen) atoms. The Morgan fingerprint density at radius 3 is 2.55 bits per heavy atom. The van der Waals surface area contributed by atoms with Gasteiger partial charge in [-0.2, -0.15) is 5.10 Å². The topological polar surface area (TPSA) is 110 Å². The van der Waals surface area contributed by atoms with E-state index in [4.69, 9.17) is 4.84 Å². The molecule has 10 heteroatoms. The normalized spacial score (nSPS) is 10.8. The largest absolute Gasteiger partial charge is 0.338 e. The number of carbonyl (C=O) groups excluding carboxylic acids is 2. The third kappa shape index (κ3) is 4.51. The van der Waals surface area contributed by atoms with Gasteiger partial charge in [0.05, 0.1) is 12.7 Å². The van der Waals surface area contributed by atoms with Crippen LogP contribution in [0.5, 0.6) is 0 Å². The number of benzene rings is 2. The first kappa shape index (κ1) is 21.9. The third-order valence-electron chi connectivity index (χ3n) is 5.12. The molecule has 0 aliphatic rings. The minimum atomic E-state index is -0.385. The van der Waals surface area contributed by atoms with Crippen molar-refractivity contribution < 1.29 is 18.8 Å². The Morgan fingerprint density at radius 1 is 1.06 bits per heavy atom. The zero-order chi connectivity index (χ0) is 23.5. The number of aryl methyl sites for hydroxylation is 2. The SMILES string of the molecule is CONC(=O)c1ccc(C)c(Nc2ncnn3cc(C(=O)Nc4ccc(F)cc4)c(C)c23)c1. The lowest BCUT2D eigenvalue weighted by molar-refractivity contribution is 0.0537. The number of hydrogen-bond acceptors (Lipinski definition) is 6. The van der Waals surface area contributed by atoms with Crippen molar-refractivity contribution in [2.75, 3.05) is 17.7 Å². The molecule has 168 valence electrons. The van der Waals surface area contributed by atoms with Gasteiger partial charge in [0.15, 0.2) is 5.82 Å². The van der Waals surface area contributed by atoms with Gasteiger partial charge in [0.2, 0.25) is 0 Å². The van der Waals surface area contributed by atoms with E-state index < -0.39 is 0 Å². The van der Waals surface area contributed by atoms with E-state index in [-0.39, 0.29) is 17.6 Å². The molecule has 0 spiro atoms. The molecule has 0 atom stereocenters. The first-order valence-electron chi connectivity index (χ1n) is 9.98.